The summed E-state index contributed by atoms with van der Waals surface area (Å²) in [6.07, 6.45) is 0.203. The Hall–Kier alpha value is -1.78. The van der Waals surface area contributed by atoms with Gasteiger partial charge in [-0.25, -0.2) is 4.39 Å². The van der Waals surface area contributed by atoms with Crippen LogP contribution in [-0.4, -0.2) is 37.0 Å². The molecule has 0 unspecified atom stereocenters. The number of hydrogen-bond acceptors (Lipinski definition) is 2. The van der Waals surface area contributed by atoms with E-state index in [0.29, 0.717) is 41.8 Å². The minimum Gasteiger partial charge on any atom is -0.368 e. The maximum atomic E-state index is 13.0. The predicted octanol–water partition coefficient (Wildman–Crippen LogP) is 4.02. The van der Waals surface area contributed by atoms with E-state index < -0.39 is 0 Å². The van der Waals surface area contributed by atoms with Gasteiger partial charge in [0, 0.05) is 41.9 Å². The molecule has 2 aromatic carbocycles. The highest BCUT2D eigenvalue weighted by Crippen LogP contribution is 2.25. The molecule has 0 aliphatic carbocycles. The first-order chi connectivity index (χ1) is 11.5. The summed E-state index contributed by atoms with van der Waals surface area (Å²) in [7, 11) is 0. The molecule has 3 nitrogen and oxygen atoms in total. The first-order valence-electron chi connectivity index (χ1n) is 7.76. The van der Waals surface area contributed by atoms with Crippen LogP contribution in [0.5, 0.6) is 0 Å². The van der Waals surface area contributed by atoms with Crippen LogP contribution in [0.2, 0.25) is 10.0 Å². The van der Waals surface area contributed by atoms with E-state index in [1.165, 1.54) is 12.1 Å². The lowest BCUT2D eigenvalue weighted by atomic mass is 10.1. The third kappa shape index (κ3) is 3.82. The van der Waals surface area contributed by atoms with Gasteiger partial charge in [0.25, 0.3) is 0 Å². The molecule has 1 aliphatic rings. The Bertz CT molecular complexity index is 708. The first-order valence-corrected chi connectivity index (χ1v) is 8.51. The van der Waals surface area contributed by atoms with Gasteiger partial charge in [0.1, 0.15) is 5.82 Å². The molecule has 0 aromatic heterocycles. The smallest absolute Gasteiger partial charge is 0.227 e. The minimum atomic E-state index is -0.246. The molecule has 1 heterocycles. The van der Waals surface area contributed by atoms with Crippen molar-refractivity contribution in [3.05, 3.63) is 63.9 Å². The second kappa shape index (κ2) is 7.41. The fourth-order valence-corrected chi connectivity index (χ4v) is 3.36. The Morgan fingerprint density at radius 1 is 0.958 bits per heavy atom. The highest BCUT2D eigenvalue weighted by atomic mass is 35.5. The molecular formula is C18H17Cl2FN2O. The maximum Gasteiger partial charge on any atom is 0.227 e. The monoisotopic (exact) mass is 366 g/mol. The molecule has 24 heavy (non-hydrogen) atoms. The topological polar surface area (TPSA) is 23.6 Å². The summed E-state index contributed by atoms with van der Waals surface area (Å²) in [5.74, 6) is -0.229. The third-order valence-corrected chi connectivity index (χ3v) is 4.92. The molecule has 0 saturated carbocycles. The molecule has 126 valence electrons. The largest absolute Gasteiger partial charge is 0.368 e. The van der Waals surface area contributed by atoms with E-state index in [9.17, 15) is 9.18 Å². The molecule has 3 rings (SSSR count). The van der Waals surface area contributed by atoms with E-state index in [0.717, 1.165) is 5.69 Å². The fraction of sp³-hybridized carbons (Fsp3) is 0.278. The second-order valence-corrected chi connectivity index (χ2v) is 6.54. The molecular weight excluding hydrogens is 350 g/mol. The Labute approximate surface area is 150 Å². The molecule has 0 atom stereocenters. The van der Waals surface area contributed by atoms with Crippen molar-refractivity contribution in [1.29, 1.82) is 0 Å². The van der Waals surface area contributed by atoms with Gasteiger partial charge < -0.3 is 9.80 Å². The molecule has 6 heteroatoms. The fourth-order valence-electron chi connectivity index (χ4n) is 2.83. The number of anilines is 1. The van der Waals surface area contributed by atoms with Gasteiger partial charge in [0.05, 0.1) is 6.42 Å². The van der Waals surface area contributed by atoms with Crippen molar-refractivity contribution < 1.29 is 9.18 Å². The zero-order valence-corrected chi connectivity index (χ0v) is 14.5. The van der Waals surface area contributed by atoms with Crippen LogP contribution in [0.4, 0.5) is 10.1 Å². The summed E-state index contributed by atoms with van der Waals surface area (Å²) in [6.45, 7) is 2.68. The number of nitrogens with zero attached hydrogens (tertiary/aromatic N) is 2. The average molecular weight is 367 g/mol. The van der Waals surface area contributed by atoms with Crippen molar-refractivity contribution in [3.8, 4) is 0 Å². The van der Waals surface area contributed by atoms with E-state index >= 15 is 0 Å². The summed E-state index contributed by atoms with van der Waals surface area (Å²) in [4.78, 5) is 16.5. The quantitative estimate of drug-likeness (QED) is 0.818. The van der Waals surface area contributed by atoms with Crippen LogP contribution in [0.1, 0.15) is 5.56 Å². The maximum absolute atomic E-state index is 13.0. The van der Waals surface area contributed by atoms with Gasteiger partial charge in [0.15, 0.2) is 0 Å². The van der Waals surface area contributed by atoms with Gasteiger partial charge >= 0.3 is 0 Å². The van der Waals surface area contributed by atoms with Crippen molar-refractivity contribution in [2.75, 3.05) is 31.1 Å². The molecule has 0 bridgehead atoms. The lowest BCUT2D eigenvalue weighted by molar-refractivity contribution is -0.130. The Morgan fingerprint density at radius 2 is 1.54 bits per heavy atom. The summed E-state index contributed by atoms with van der Waals surface area (Å²) in [6, 6.07) is 11.7. The summed E-state index contributed by atoms with van der Waals surface area (Å²) in [5.41, 5.74) is 1.64. The van der Waals surface area contributed by atoms with Crippen molar-refractivity contribution >= 4 is 34.8 Å². The number of halogens is 3. The standard InChI is InChI=1S/C18H17Cl2FN2O/c19-16-2-1-3-17(20)15(16)12-18(24)23-10-8-22(9-11-23)14-6-4-13(21)5-7-14/h1-7H,8-12H2. The lowest BCUT2D eigenvalue weighted by Crippen LogP contribution is -2.49. The average Bonchev–Trinajstić information content (AvgIpc) is 2.59. The van der Waals surface area contributed by atoms with E-state index in [2.05, 4.69) is 4.90 Å². The molecule has 1 aliphatic heterocycles. The van der Waals surface area contributed by atoms with Crippen molar-refractivity contribution in [3.63, 3.8) is 0 Å². The number of amides is 1. The van der Waals surface area contributed by atoms with Gasteiger partial charge in [-0.1, -0.05) is 29.3 Å². The number of carbonyl (C=O) groups is 1. The molecule has 1 saturated heterocycles. The van der Waals surface area contributed by atoms with Crippen LogP contribution >= 0.6 is 23.2 Å². The Morgan fingerprint density at radius 3 is 2.12 bits per heavy atom. The molecule has 0 radical (unpaired) electrons. The van der Waals surface area contributed by atoms with Gasteiger partial charge in [-0.15, -0.1) is 0 Å². The van der Waals surface area contributed by atoms with Crippen LogP contribution in [0.25, 0.3) is 0 Å². The first kappa shape index (κ1) is 17.1. The number of piperazine rings is 1. The van der Waals surface area contributed by atoms with Crippen molar-refractivity contribution in [2.24, 2.45) is 0 Å². The van der Waals surface area contributed by atoms with Crippen LogP contribution in [0.3, 0.4) is 0 Å². The number of hydrogen-bond donors (Lipinski definition) is 0. The predicted molar refractivity (Wildman–Crippen MR) is 95.4 cm³/mol. The minimum absolute atomic E-state index is 0.0174. The van der Waals surface area contributed by atoms with Crippen molar-refractivity contribution in [1.82, 2.24) is 4.90 Å². The SMILES string of the molecule is O=C(Cc1c(Cl)cccc1Cl)N1CCN(c2ccc(F)cc2)CC1. The van der Waals surface area contributed by atoms with Crippen molar-refractivity contribution in [2.45, 2.75) is 6.42 Å². The van der Waals surface area contributed by atoms with Crippen LogP contribution in [0.15, 0.2) is 42.5 Å². The van der Waals surface area contributed by atoms with E-state index in [-0.39, 0.29) is 18.1 Å². The summed E-state index contributed by atoms with van der Waals surface area (Å²) >= 11 is 12.3. The van der Waals surface area contributed by atoms with Crippen LogP contribution in [-0.2, 0) is 11.2 Å². The number of carbonyl (C=O) groups excluding carboxylic acids is 1. The highest BCUT2D eigenvalue weighted by Gasteiger charge is 2.22. The van der Waals surface area contributed by atoms with Gasteiger partial charge in [-0.2, -0.15) is 0 Å². The van der Waals surface area contributed by atoms with E-state index in [1.807, 2.05) is 4.90 Å². The molecule has 0 spiro atoms. The van der Waals surface area contributed by atoms with Gasteiger partial charge in [0.2, 0.25) is 5.91 Å². The molecule has 1 fully saturated rings. The molecule has 1 amide bonds. The molecule has 2 aromatic rings. The zero-order chi connectivity index (χ0) is 17.1. The number of rotatable bonds is 3. The van der Waals surface area contributed by atoms with E-state index in [1.54, 1.807) is 30.3 Å². The molecule has 0 N–H and O–H groups in total. The summed E-state index contributed by atoms with van der Waals surface area (Å²) < 4.78 is 13.0. The second-order valence-electron chi connectivity index (χ2n) is 5.72. The highest BCUT2D eigenvalue weighted by molar-refractivity contribution is 6.36. The summed E-state index contributed by atoms with van der Waals surface area (Å²) in [5, 5.41) is 1.03. The Balaban J connectivity index is 1.60. The van der Waals surface area contributed by atoms with Gasteiger partial charge in [-0.05, 0) is 42.0 Å². The van der Waals surface area contributed by atoms with Crippen LogP contribution in [0, 0.1) is 5.82 Å². The lowest BCUT2D eigenvalue weighted by Gasteiger charge is -2.36. The third-order valence-electron chi connectivity index (χ3n) is 4.21. The number of benzene rings is 2. The Kier molecular flexibility index (Phi) is 5.27. The normalized spacial score (nSPS) is 14.8. The van der Waals surface area contributed by atoms with Crippen LogP contribution < -0.4 is 4.90 Å². The van der Waals surface area contributed by atoms with E-state index in [4.69, 9.17) is 23.2 Å². The van der Waals surface area contributed by atoms with Gasteiger partial charge in [-0.3, -0.25) is 4.79 Å². The zero-order valence-electron chi connectivity index (χ0n) is 13.0.